The molecule has 8 nitrogen and oxygen atoms in total. The standard InChI is InChI=1S/C21H29ClN4O4/c1-24(20(29)30)15-11-17(22)18(23-12-15)25-9-2-7-21(13-25)8-10-26(19(21)28)14-3-5-16(27)6-4-14/h11-12,14,16,27H,2-10,13H2,1H3,(H,29,30)/t14-,16-,21?. The van der Waals surface area contributed by atoms with E-state index in [2.05, 4.69) is 14.8 Å². The second kappa shape index (κ2) is 8.23. The summed E-state index contributed by atoms with van der Waals surface area (Å²) in [7, 11) is 1.45. The first-order valence-corrected chi connectivity index (χ1v) is 11.0. The summed E-state index contributed by atoms with van der Waals surface area (Å²) in [6, 6.07) is 1.85. The van der Waals surface area contributed by atoms with E-state index in [0.717, 1.165) is 62.9 Å². The summed E-state index contributed by atoms with van der Waals surface area (Å²) in [5.41, 5.74) is 0.00105. The Kier molecular flexibility index (Phi) is 5.81. The average Bonchev–Trinajstić information content (AvgIpc) is 3.03. The second-order valence-electron chi connectivity index (χ2n) is 8.86. The molecule has 2 aliphatic heterocycles. The van der Waals surface area contributed by atoms with Crippen molar-refractivity contribution >= 4 is 35.1 Å². The Morgan fingerprint density at radius 3 is 2.67 bits per heavy atom. The van der Waals surface area contributed by atoms with E-state index in [-0.39, 0.29) is 18.1 Å². The van der Waals surface area contributed by atoms with E-state index >= 15 is 0 Å². The largest absolute Gasteiger partial charge is 0.465 e. The van der Waals surface area contributed by atoms with E-state index < -0.39 is 11.5 Å². The Bertz CT molecular complexity index is 829. The summed E-state index contributed by atoms with van der Waals surface area (Å²) in [6.07, 6.45) is 6.07. The van der Waals surface area contributed by atoms with Crippen molar-refractivity contribution in [3.8, 4) is 0 Å². The summed E-state index contributed by atoms with van der Waals surface area (Å²) >= 11 is 6.46. The number of piperidine rings is 1. The number of anilines is 2. The molecule has 1 atom stereocenters. The number of rotatable bonds is 3. The van der Waals surface area contributed by atoms with Crippen LogP contribution in [0.3, 0.4) is 0 Å². The van der Waals surface area contributed by atoms with Crippen molar-refractivity contribution in [1.29, 1.82) is 0 Å². The number of hydrogen-bond donors (Lipinski definition) is 2. The molecule has 2 saturated heterocycles. The highest BCUT2D eigenvalue weighted by Crippen LogP contribution is 2.44. The van der Waals surface area contributed by atoms with E-state index in [1.165, 1.54) is 13.2 Å². The van der Waals surface area contributed by atoms with Crippen molar-refractivity contribution in [1.82, 2.24) is 9.88 Å². The molecular formula is C21H29ClN4O4. The zero-order valence-corrected chi connectivity index (χ0v) is 18.0. The second-order valence-corrected chi connectivity index (χ2v) is 9.26. The molecule has 1 aromatic heterocycles. The smallest absolute Gasteiger partial charge is 0.411 e. The van der Waals surface area contributed by atoms with Crippen LogP contribution in [0.2, 0.25) is 5.02 Å². The van der Waals surface area contributed by atoms with Crippen LogP contribution in [0.25, 0.3) is 0 Å². The first-order valence-electron chi connectivity index (χ1n) is 10.7. The van der Waals surface area contributed by atoms with Gasteiger partial charge in [0.25, 0.3) is 0 Å². The fourth-order valence-electron chi connectivity index (χ4n) is 5.20. The quantitative estimate of drug-likeness (QED) is 0.756. The molecular weight excluding hydrogens is 408 g/mol. The maximum atomic E-state index is 13.5. The zero-order valence-electron chi connectivity index (χ0n) is 17.3. The third kappa shape index (κ3) is 3.83. The van der Waals surface area contributed by atoms with Gasteiger partial charge in [-0.2, -0.15) is 0 Å². The fraction of sp³-hybridized carbons (Fsp3) is 0.667. The Labute approximate surface area is 181 Å². The lowest BCUT2D eigenvalue weighted by atomic mass is 9.78. The first-order chi connectivity index (χ1) is 14.3. The van der Waals surface area contributed by atoms with E-state index in [1.807, 2.05) is 0 Å². The Balaban J connectivity index is 1.49. The molecule has 9 heteroatoms. The molecule has 1 aliphatic carbocycles. The lowest BCUT2D eigenvalue weighted by Gasteiger charge is -2.41. The number of carbonyl (C=O) groups is 2. The van der Waals surface area contributed by atoms with Gasteiger partial charge in [0.15, 0.2) is 0 Å². The molecule has 3 fully saturated rings. The van der Waals surface area contributed by atoms with Gasteiger partial charge in [-0.3, -0.25) is 9.69 Å². The maximum Gasteiger partial charge on any atom is 0.411 e. The van der Waals surface area contributed by atoms with Crippen LogP contribution in [-0.2, 0) is 4.79 Å². The molecule has 3 heterocycles. The first kappa shape index (κ1) is 21.2. The van der Waals surface area contributed by atoms with Crippen LogP contribution in [0.4, 0.5) is 16.3 Å². The molecule has 1 aromatic rings. The highest BCUT2D eigenvalue weighted by molar-refractivity contribution is 6.33. The average molecular weight is 437 g/mol. The van der Waals surface area contributed by atoms with Crippen molar-refractivity contribution in [2.45, 2.75) is 57.1 Å². The number of aliphatic hydroxyl groups is 1. The topological polar surface area (TPSA) is 97.2 Å². The van der Waals surface area contributed by atoms with Crippen LogP contribution in [0.15, 0.2) is 12.3 Å². The number of halogens is 1. The van der Waals surface area contributed by atoms with Crippen molar-refractivity contribution < 1.29 is 19.8 Å². The van der Waals surface area contributed by atoms with Crippen molar-refractivity contribution in [3.05, 3.63) is 17.3 Å². The Morgan fingerprint density at radius 2 is 2.00 bits per heavy atom. The molecule has 30 heavy (non-hydrogen) atoms. The monoisotopic (exact) mass is 436 g/mol. The predicted octanol–water partition coefficient (Wildman–Crippen LogP) is 2.97. The number of likely N-dealkylation sites (tertiary alicyclic amines) is 1. The molecule has 2 N–H and O–H groups in total. The highest BCUT2D eigenvalue weighted by atomic mass is 35.5. The van der Waals surface area contributed by atoms with Gasteiger partial charge < -0.3 is 20.0 Å². The number of amides is 2. The van der Waals surface area contributed by atoms with Crippen LogP contribution in [-0.4, -0.2) is 70.9 Å². The van der Waals surface area contributed by atoms with Crippen LogP contribution >= 0.6 is 11.6 Å². The van der Waals surface area contributed by atoms with Gasteiger partial charge in [-0.1, -0.05) is 11.6 Å². The van der Waals surface area contributed by atoms with Crippen LogP contribution in [0.1, 0.15) is 44.9 Å². The molecule has 164 valence electrons. The predicted molar refractivity (Wildman–Crippen MR) is 114 cm³/mol. The summed E-state index contributed by atoms with van der Waals surface area (Å²) in [6.45, 7) is 2.13. The molecule has 3 aliphatic rings. The Hall–Kier alpha value is -2.06. The number of aromatic nitrogens is 1. The van der Waals surface area contributed by atoms with E-state index in [4.69, 9.17) is 16.7 Å². The molecule has 1 unspecified atom stereocenters. The zero-order chi connectivity index (χ0) is 21.5. The number of aliphatic hydroxyl groups excluding tert-OH is 1. The maximum absolute atomic E-state index is 13.5. The molecule has 1 saturated carbocycles. The fourth-order valence-corrected chi connectivity index (χ4v) is 5.48. The summed E-state index contributed by atoms with van der Waals surface area (Å²) in [5, 5.41) is 19.3. The lowest BCUT2D eigenvalue weighted by molar-refractivity contribution is -0.139. The number of hydrogen-bond acceptors (Lipinski definition) is 5. The van der Waals surface area contributed by atoms with Gasteiger partial charge >= 0.3 is 6.09 Å². The van der Waals surface area contributed by atoms with E-state index in [1.54, 1.807) is 6.07 Å². The summed E-state index contributed by atoms with van der Waals surface area (Å²) in [4.78, 5) is 34.3. The van der Waals surface area contributed by atoms with Gasteiger partial charge in [-0.15, -0.1) is 0 Å². The highest BCUT2D eigenvalue weighted by Gasteiger charge is 2.51. The summed E-state index contributed by atoms with van der Waals surface area (Å²) < 4.78 is 0. The number of pyridine rings is 1. The molecule has 0 radical (unpaired) electrons. The summed E-state index contributed by atoms with van der Waals surface area (Å²) in [5.74, 6) is 0.831. The van der Waals surface area contributed by atoms with Gasteiger partial charge in [0.05, 0.1) is 28.4 Å². The van der Waals surface area contributed by atoms with Gasteiger partial charge in [0.1, 0.15) is 5.82 Å². The number of carbonyl (C=O) groups excluding carboxylic acids is 1. The minimum absolute atomic E-state index is 0.227. The number of nitrogens with zero attached hydrogens (tertiary/aromatic N) is 4. The molecule has 1 spiro atoms. The minimum atomic E-state index is -1.08. The molecule has 4 rings (SSSR count). The minimum Gasteiger partial charge on any atom is -0.465 e. The van der Waals surface area contributed by atoms with Crippen LogP contribution < -0.4 is 9.80 Å². The van der Waals surface area contributed by atoms with Crippen LogP contribution in [0.5, 0.6) is 0 Å². The number of carboxylic acid groups (broad SMARTS) is 1. The van der Waals surface area contributed by atoms with Gasteiger partial charge in [0.2, 0.25) is 5.91 Å². The van der Waals surface area contributed by atoms with Crippen molar-refractivity contribution in [3.63, 3.8) is 0 Å². The molecule has 0 bridgehead atoms. The van der Waals surface area contributed by atoms with E-state index in [9.17, 15) is 14.7 Å². The SMILES string of the molecule is CN(C(=O)O)c1cnc(N2CCCC3(CCN([C@H]4CC[C@H](O)CC4)C3=O)C2)c(Cl)c1. The third-order valence-corrected chi connectivity index (χ3v) is 7.29. The molecule has 2 amide bonds. The normalized spacial score (nSPS) is 29.5. The van der Waals surface area contributed by atoms with Crippen molar-refractivity contribution in [2.24, 2.45) is 5.41 Å². The van der Waals surface area contributed by atoms with Crippen LogP contribution in [0, 0.1) is 5.41 Å². The van der Waals surface area contributed by atoms with Gasteiger partial charge in [-0.05, 0) is 51.0 Å². The van der Waals surface area contributed by atoms with Gasteiger partial charge in [-0.25, -0.2) is 9.78 Å². The van der Waals surface area contributed by atoms with E-state index in [0.29, 0.717) is 23.1 Å². The van der Waals surface area contributed by atoms with Gasteiger partial charge in [0, 0.05) is 32.7 Å². The van der Waals surface area contributed by atoms with Crippen molar-refractivity contribution in [2.75, 3.05) is 36.5 Å². The molecule has 0 aromatic carbocycles. The lowest BCUT2D eigenvalue weighted by Crippen LogP contribution is -2.50. The Morgan fingerprint density at radius 1 is 1.27 bits per heavy atom. The third-order valence-electron chi connectivity index (χ3n) is 7.01.